The summed E-state index contributed by atoms with van der Waals surface area (Å²) in [6, 6.07) is 5.55. The molecule has 4 nitrogen and oxygen atoms in total. The SMILES string of the molecule is CCCc1c(C)c2cc(S(C)(=O)=O)cnc2n1-c1ccc(Cl)s1. The smallest absolute Gasteiger partial charge is 0.177 e. The second kappa shape index (κ2) is 5.92. The molecule has 0 N–H and O–H groups in total. The predicted molar refractivity (Wildman–Crippen MR) is 95.8 cm³/mol. The summed E-state index contributed by atoms with van der Waals surface area (Å²) in [7, 11) is -3.28. The minimum Gasteiger partial charge on any atom is -0.289 e. The number of halogens is 1. The molecule has 0 fully saturated rings. The van der Waals surface area contributed by atoms with Crippen LogP contribution in [0.4, 0.5) is 0 Å². The van der Waals surface area contributed by atoms with Gasteiger partial charge in [0.05, 0.1) is 9.23 Å². The van der Waals surface area contributed by atoms with Crippen LogP contribution >= 0.6 is 22.9 Å². The Bertz CT molecular complexity index is 987. The quantitative estimate of drug-likeness (QED) is 0.685. The highest BCUT2D eigenvalue weighted by molar-refractivity contribution is 7.90. The fraction of sp³-hybridized carbons (Fsp3) is 0.312. The Morgan fingerprint density at radius 3 is 2.65 bits per heavy atom. The van der Waals surface area contributed by atoms with E-state index < -0.39 is 9.84 Å². The first-order chi connectivity index (χ1) is 10.8. The summed E-state index contributed by atoms with van der Waals surface area (Å²) in [6.45, 7) is 4.14. The van der Waals surface area contributed by atoms with Gasteiger partial charge < -0.3 is 0 Å². The number of sulfone groups is 1. The molecule has 23 heavy (non-hydrogen) atoms. The van der Waals surface area contributed by atoms with Crippen molar-refractivity contribution in [1.82, 2.24) is 9.55 Å². The zero-order valence-electron chi connectivity index (χ0n) is 13.1. The van der Waals surface area contributed by atoms with E-state index in [9.17, 15) is 8.42 Å². The van der Waals surface area contributed by atoms with Gasteiger partial charge in [0.25, 0.3) is 0 Å². The molecule has 122 valence electrons. The molecule has 0 aromatic carbocycles. The second-order valence-electron chi connectivity index (χ2n) is 5.55. The molecule has 0 bridgehead atoms. The Hall–Kier alpha value is -1.37. The van der Waals surface area contributed by atoms with Crippen LogP contribution in [0.15, 0.2) is 29.3 Å². The van der Waals surface area contributed by atoms with Crippen LogP contribution in [-0.2, 0) is 16.3 Å². The lowest BCUT2D eigenvalue weighted by atomic mass is 10.1. The molecule has 3 heterocycles. The van der Waals surface area contributed by atoms with Crippen molar-refractivity contribution in [1.29, 1.82) is 0 Å². The molecule has 0 amide bonds. The number of pyridine rings is 1. The maximum Gasteiger partial charge on any atom is 0.177 e. The van der Waals surface area contributed by atoms with E-state index in [0.29, 0.717) is 0 Å². The van der Waals surface area contributed by atoms with Crippen molar-refractivity contribution >= 4 is 43.8 Å². The number of nitrogens with zero attached hydrogens (tertiary/aromatic N) is 2. The van der Waals surface area contributed by atoms with Crippen LogP contribution in [0.2, 0.25) is 4.34 Å². The van der Waals surface area contributed by atoms with Crippen molar-refractivity contribution in [3.05, 3.63) is 40.0 Å². The van der Waals surface area contributed by atoms with E-state index in [-0.39, 0.29) is 4.90 Å². The Morgan fingerprint density at radius 1 is 1.35 bits per heavy atom. The highest BCUT2D eigenvalue weighted by Gasteiger charge is 2.19. The molecule has 7 heteroatoms. The standard InChI is InChI=1S/C16H17ClN2O2S2/c1-4-5-13-10(2)12-8-11(23(3,20)21)9-18-16(12)19(13)15-7-6-14(17)22-15/h6-9H,4-5H2,1-3H3. The van der Waals surface area contributed by atoms with Gasteiger partial charge in [0.2, 0.25) is 0 Å². The van der Waals surface area contributed by atoms with Gasteiger partial charge in [-0.1, -0.05) is 24.9 Å². The molecule has 0 radical (unpaired) electrons. The van der Waals surface area contributed by atoms with Gasteiger partial charge in [-0.25, -0.2) is 13.4 Å². The number of hydrogen-bond donors (Lipinski definition) is 0. The Labute approximate surface area is 144 Å². The topological polar surface area (TPSA) is 52.0 Å². The normalized spacial score (nSPS) is 12.2. The van der Waals surface area contributed by atoms with Gasteiger partial charge in [-0.3, -0.25) is 4.57 Å². The van der Waals surface area contributed by atoms with Crippen LogP contribution in [0.1, 0.15) is 24.6 Å². The molecule has 0 unspecified atom stereocenters. The van der Waals surface area contributed by atoms with E-state index >= 15 is 0 Å². The molecule has 0 saturated carbocycles. The van der Waals surface area contributed by atoms with E-state index in [4.69, 9.17) is 11.6 Å². The monoisotopic (exact) mass is 368 g/mol. The van der Waals surface area contributed by atoms with Crippen LogP contribution in [0.5, 0.6) is 0 Å². The zero-order chi connectivity index (χ0) is 16.8. The summed E-state index contributed by atoms with van der Waals surface area (Å²) < 4.78 is 26.4. The van der Waals surface area contributed by atoms with E-state index in [1.807, 2.05) is 19.1 Å². The van der Waals surface area contributed by atoms with Gasteiger partial charge in [0.15, 0.2) is 9.84 Å². The van der Waals surface area contributed by atoms with Gasteiger partial charge in [-0.15, -0.1) is 11.3 Å². The Balaban J connectivity index is 2.35. The van der Waals surface area contributed by atoms with E-state index in [0.717, 1.165) is 44.5 Å². The minimum atomic E-state index is -3.28. The van der Waals surface area contributed by atoms with Crippen LogP contribution in [0, 0.1) is 6.92 Å². The van der Waals surface area contributed by atoms with Crippen molar-refractivity contribution in [2.75, 3.05) is 6.26 Å². The Morgan fingerprint density at radius 2 is 2.09 bits per heavy atom. The van der Waals surface area contributed by atoms with Crippen molar-refractivity contribution in [2.45, 2.75) is 31.6 Å². The second-order valence-corrected chi connectivity index (χ2v) is 9.26. The minimum absolute atomic E-state index is 0.248. The van der Waals surface area contributed by atoms with Crippen molar-refractivity contribution in [3.8, 4) is 5.00 Å². The third-order valence-corrected chi connectivity index (χ3v) is 6.15. The first-order valence-electron chi connectivity index (χ1n) is 7.28. The zero-order valence-corrected chi connectivity index (χ0v) is 15.5. The average molecular weight is 369 g/mol. The van der Waals surface area contributed by atoms with Crippen LogP contribution in [0.25, 0.3) is 16.0 Å². The molecule has 0 aliphatic rings. The van der Waals surface area contributed by atoms with Crippen molar-refractivity contribution < 1.29 is 8.42 Å². The molecular formula is C16H17ClN2O2S2. The highest BCUT2D eigenvalue weighted by Crippen LogP contribution is 2.34. The number of aromatic nitrogens is 2. The maximum atomic E-state index is 11.8. The highest BCUT2D eigenvalue weighted by atomic mass is 35.5. The molecule has 0 aliphatic heterocycles. The lowest BCUT2D eigenvalue weighted by Gasteiger charge is -2.07. The average Bonchev–Trinajstić information content (AvgIpc) is 3.01. The third-order valence-electron chi connectivity index (χ3n) is 3.85. The van der Waals surface area contributed by atoms with Crippen molar-refractivity contribution in [3.63, 3.8) is 0 Å². The summed E-state index contributed by atoms with van der Waals surface area (Å²) >= 11 is 7.58. The summed E-state index contributed by atoms with van der Waals surface area (Å²) in [5.74, 6) is 0. The van der Waals surface area contributed by atoms with Crippen LogP contribution in [-0.4, -0.2) is 24.2 Å². The first kappa shape index (κ1) is 16.5. The van der Waals surface area contributed by atoms with Gasteiger partial charge in [-0.05, 0) is 37.1 Å². The number of aryl methyl sites for hydroxylation is 1. The van der Waals surface area contributed by atoms with E-state index in [2.05, 4.69) is 16.5 Å². The Kier molecular flexibility index (Phi) is 4.25. The number of thiophene rings is 1. The fourth-order valence-electron chi connectivity index (χ4n) is 2.74. The number of fused-ring (bicyclic) bond motifs is 1. The molecule has 3 aromatic heterocycles. The van der Waals surface area contributed by atoms with E-state index in [1.54, 1.807) is 6.07 Å². The van der Waals surface area contributed by atoms with Crippen molar-refractivity contribution in [2.24, 2.45) is 0 Å². The van der Waals surface area contributed by atoms with Gasteiger partial charge in [-0.2, -0.15) is 0 Å². The lowest BCUT2D eigenvalue weighted by Crippen LogP contribution is -2.01. The van der Waals surface area contributed by atoms with Gasteiger partial charge >= 0.3 is 0 Å². The number of rotatable bonds is 4. The van der Waals surface area contributed by atoms with E-state index in [1.165, 1.54) is 23.8 Å². The largest absolute Gasteiger partial charge is 0.289 e. The van der Waals surface area contributed by atoms with Crippen LogP contribution in [0.3, 0.4) is 0 Å². The summed E-state index contributed by atoms with van der Waals surface area (Å²) in [4.78, 5) is 4.69. The molecule has 0 saturated heterocycles. The summed E-state index contributed by atoms with van der Waals surface area (Å²) in [5, 5.41) is 1.87. The maximum absolute atomic E-state index is 11.8. The molecule has 0 atom stereocenters. The summed E-state index contributed by atoms with van der Waals surface area (Å²) in [6.07, 6.45) is 4.52. The number of hydrogen-bond acceptors (Lipinski definition) is 4. The molecular weight excluding hydrogens is 352 g/mol. The molecule has 3 rings (SSSR count). The van der Waals surface area contributed by atoms with Gasteiger partial charge in [0.1, 0.15) is 10.6 Å². The summed E-state index contributed by atoms with van der Waals surface area (Å²) in [5.41, 5.74) is 3.00. The third kappa shape index (κ3) is 2.91. The lowest BCUT2D eigenvalue weighted by molar-refractivity contribution is 0.601. The molecule has 3 aromatic rings. The molecule has 0 aliphatic carbocycles. The van der Waals surface area contributed by atoms with Crippen LogP contribution < -0.4 is 0 Å². The first-order valence-corrected chi connectivity index (χ1v) is 10.4. The molecule has 0 spiro atoms. The van der Waals surface area contributed by atoms with Gasteiger partial charge in [0, 0.05) is 23.5 Å². The predicted octanol–water partition coefficient (Wildman–Crippen LogP) is 4.40. The fourth-order valence-corrected chi connectivity index (χ4v) is 4.38.